The average molecular weight is 254 g/mol. The zero-order chi connectivity index (χ0) is 13.7. The molecule has 0 spiro atoms. The summed E-state index contributed by atoms with van der Waals surface area (Å²) < 4.78 is 5.50. The molecule has 0 amide bonds. The molecule has 0 heterocycles. The van der Waals surface area contributed by atoms with E-state index in [1.165, 1.54) is 0 Å². The van der Waals surface area contributed by atoms with E-state index >= 15 is 0 Å². The highest BCUT2D eigenvalue weighted by molar-refractivity contribution is 5.78. The van der Waals surface area contributed by atoms with Gasteiger partial charge in [0.1, 0.15) is 11.5 Å². The minimum atomic E-state index is 0.186. The van der Waals surface area contributed by atoms with Gasteiger partial charge in [-0.05, 0) is 42.7 Å². The molecule has 0 aliphatic heterocycles. The molecule has 2 heteroatoms. The van der Waals surface area contributed by atoms with Gasteiger partial charge in [-0.15, -0.1) is 0 Å². The zero-order valence-corrected chi connectivity index (χ0v) is 11.3. The monoisotopic (exact) mass is 254 g/mol. The molecule has 0 N–H and O–H groups in total. The molecule has 0 saturated heterocycles. The van der Waals surface area contributed by atoms with Crippen molar-refractivity contribution in [2.45, 2.75) is 20.3 Å². The molecule has 0 unspecified atom stereocenters. The second-order valence-electron chi connectivity index (χ2n) is 4.54. The van der Waals surface area contributed by atoms with E-state index in [0.29, 0.717) is 13.0 Å². The molecule has 0 atom stereocenters. The quantitative estimate of drug-likeness (QED) is 0.809. The summed E-state index contributed by atoms with van der Waals surface area (Å²) in [5.41, 5.74) is 3.31. The lowest BCUT2D eigenvalue weighted by molar-refractivity contribution is -0.116. The molecule has 2 aromatic carbocycles. The molecule has 19 heavy (non-hydrogen) atoms. The summed E-state index contributed by atoms with van der Waals surface area (Å²) in [6.45, 7) is 4.25. The lowest BCUT2D eigenvalue weighted by Crippen LogP contribution is -1.95. The molecule has 98 valence electrons. The topological polar surface area (TPSA) is 26.3 Å². The summed E-state index contributed by atoms with van der Waals surface area (Å²) in [5.74, 6) is 1.07. The normalized spacial score (nSPS) is 10.2. The van der Waals surface area contributed by atoms with Crippen LogP contribution in [0.15, 0.2) is 48.5 Å². The summed E-state index contributed by atoms with van der Waals surface area (Å²) in [5, 5.41) is 0. The minimum Gasteiger partial charge on any atom is -0.494 e. The lowest BCUT2D eigenvalue weighted by atomic mass is 10.0. The van der Waals surface area contributed by atoms with E-state index in [-0.39, 0.29) is 5.78 Å². The summed E-state index contributed by atoms with van der Waals surface area (Å²) in [4.78, 5) is 11.1. The highest BCUT2D eigenvalue weighted by atomic mass is 16.5. The predicted molar refractivity (Wildman–Crippen MR) is 77.4 cm³/mol. The van der Waals surface area contributed by atoms with Crippen LogP contribution in [0.5, 0.6) is 5.75 Å². The van der Waals surface area contributed by atoms with E-state index in [1.54, 1.807) is 6.92 Å². The Bertz CT molecular complexity index is 556. The SMILES string of the molecule is CCOc1cccc(-c2ccc(CC(C)=O)cc2)c1. The first kappa shape index (κ1) is 13.3. The Morgan fingerprint density at radius 2 is 1.79 bits per heavy atom. The average Bonchev–Trinajstić information content (AvgIpc) is 2.40. The molecule has 0 saturated carbocycles. The minimum absolute atomic E-state index is 0.186. The van der Waals surface area contributed by atoms with Gasteiger partial charge in [0.05, 0.1) is 6.61 Å². The van der Waals surface area contributed by atoms with Crippen molar-refractivity contribution >= 4 is 5.78 Å². The van der Waals surface area contributed by atoms with Gasteiger partial charge < -0.3 is 4.74 Å². The number of ether oxygens (including phenoxy) is 1. The van der Waals surface area contributed by atoms with Crippen molar-refractivity contribution in [2.75, 3.05) is 6.61 Å². The highest BCUT2D eigenvalue weighted by Crippen LogP contribution is 2.24. The van der Waals surface area contributed by atoms with Crippen molar-refractivity contribution in [3.8, 4) is 16.9 Å². The molecule has 0 aliphatic carbocycles. The third-order valence-electron chi connectivity index (χ3n) is 2.89. The Kier molecular flexibility index (Phi) is 4.35. The number of benzene rings is 2. The molecule has 2 aromatic rings. The van der Waals surface area contributed by atoms with Crippen molar-refractivity contribution in [1.82, 2.24) is 0 Å². The fourth-order valence-corrected chi connectivity index (χ4v) is 2.03. The Morgan fingerprint density at radius 1 is 1.05 bits per heavy atom. The number of Topliss-reactive ketones (excluding diaryl/α,β-unsaturated/α-hetero) is 1. The van der Waals surface area contributed by atoms with E-state index in [2.05, 4.69) is 6.07 Å². The van der Waals surface area contributed by atoms with E-state index in [9.17, 15) is 4.79 Å². The summed E-state index contributed by atoms with van der Waals surface area (Å²) >= 11 is 0. The Morgan fingerprint density at radius 3 is 2.42 bits per heavy atom. The highest BCUT2D eigenvalue weighted by Gasteiger charge is 2.01. The fraction of sp³-hybridized carbons (Fsp3) is 0.235. The first-order valence-electron chi connectivity index (χ1n) is 6.50. The largest absolute Gasteiger partial charge is 0.494 e. The maximum atomic E-state index is 11.1. The van der Waals surface area contributed by atoms with Crippen molar-refractivity contribution in [1.29, 1.82) is 0 Å². The van der Waals surface area contributed by atoms with Gasteiger partial charge in [-0.25, -0.2) is 0 Å². The Balaban J connectivity index is 2.21. The first-order chi connectivity index (χ1) is 9.19. The van der Waals surface area contributed by atoms with Crippen molar-refractivity contribution in [3.63, 3.8) is 0 Å². The molecule has 0 radical (unpaired) electrons. The van der Waals surface area contributed by atoms with Crippen LogP contribution in [0.2, 0.25) is 0 Å². The number of hydrogen-bond donors (Lipinski definition) is 0. The van der Waals surface area contributed by atoms with Gasteiger partial charge in [0.15, 0.2) is 0 Å². The van der Waals surface area contributed by atoms with Gasteiger partial charge in [-0.1, -0.05) is 36.4 Å². The lowest BCUT2D eigenvalue weighted by Gasteiger charge is -2.07. The number of carbonyl (C=O) groups is 1. The maximum absolute atomic E-state index is 11.1. The Labute approximate surface area is 114 Å². The molecular formula is C17H18O2. The van der Waals surface area contributed by atoms with Crippen molar-refractivity contribution in [2.24, 2.45) is 0 Å². The number of hydrogen-bond acceptors (Lipinski definition) is 2. The van der Waals surface area contributed by atoms with E-state index in [1.807, 2.05) is 49.4 Å². The van der Waals surface area contributed by atoms with Gasteiger partial charge in [0.25, 0.3) is 0 Å². The summed E-state index contributed by atoms with van der Waals surface area (Å²) in [7, 11) is 0. The fourth-order valence-electron chi connectivity index (χ4n) is 2.03. The van der Waals surface area contributed by atoms with E-state index < -0.39 is 0 Å². The van der Waals surface area contributed by atoms with Crippen LogP contribution in [-0.2, 0) is 11.2 Å². The molecular weight excluding hydrogens is 236 g/mol. The zero-order valence-electron chi connectivity index (χ0n) is 11.3. The third-order valence-corrected chi connectivity index (χ3v) is 2.89. The van der Waals surface area contributed by atoms with Crippen molar-refractivity contribution in [3.05, 3.63) is 54.1 Å². The first-order valence-corrected chi connectivity index (χ1v) is 6.50. The van der Waals surface area contributed by atoms with Gasteiger partial charge >= 0.3 is 0 Å². The number of ketones is 1. The van der Waals surface area contributed by atoms with Crippen LogP contribution in [0.1, 0.15) is 19.4 Å². The van der Waals surface area contributed by atoms with Gasteiger partial charge in [-0.3, -0.25) is 4.79 Å². The molecule has 0 fully saturated rings. The maximum Gasteiger partial charge on any atom is 0.134 e. The smallest absolute Gasteiger partial charge is 0.134 e. The predicted octanol–water partition coefficient (Wildman–Crippen LogP) is 3.88. The van der Waals surface area contributed by atoms with Crippen molar-refractivity contribution < 1.29 is 9.53 Å². The van der Waals surface area contributed by atoms with Gasteiger partial charge in [-0.2, -0.15) is 0 Å². The van der Waals surface area contributed by atoms with Crippen LogP contribution in [0, 0.1) is 0 Å². The van der Waals surface area contributed by atoms with Crippen LogP contribution in [-0.4, -0.2) is 12.4 Å². The second kappa shape index (κ2) is 6.19. The molecule has 0 aliphatic rings. The third kappa shape index (κ3) is 3.68. The Hall–Kier alpha value is -2.09. The second-order valence-corrected chi connectivity index (χ2v) is 4.54. The van der Waals surface area contributed by atoms with Crippen LogP contribution in [0.4, 0.5) is 0 Å². The van der Waals surface area contributed by atoms with Crippen LogP contribution >= 0.6 is 0 Å². The molecule has 0 aromatic heterocycles. The van der Waals surface area contributed by atoms with Gasteiger partial charge in [0, 0.05) is 6.42 Å². The molecule has 0 bridgehead atoms. The van der Waals surface area contributed by atoms with E-state index in [0.717, 1.165) is 22.4 Å². The van der Waals surface area contributed by atoms with E-state index in [4.69, 9.17) is 4.74 Å². The standard InChI is InChI=1S/C17H18O2/c1-3-19-17-6-4-5-16(12-17)15-9-7-14(8-10-15)11-13(2)18/h4-10,12H,3,11H2,1-2H3. The van der Waals surface area contributed by atoms with Crippen LogP contribution in [0.25, 0.3) is 11.1 Å². The van der Waals surface area contributed by atoms with Gasteiger partial charge in [0.2, 0.25) is 0 Å². The molecule has 2 nitrogen and oxygen atoms in total. The van der Waals surface area contributed by atoms with Crippen LogP contribution in [0.3, 0.4) is 0 Å². The summed E-state index contributed by atoms with van der Waals surface area (Å²) in [6, 6.07) is 16.1. The molecule has 2 rings (SSSR count). The summed E-state index contributed by atoms with van der Waals surface area (Å²) in [6.07, 6.45) is 0.499. The number of rotatable bonds is 5. The van der Waals surface area contributed by atoms with Crippen LogP contribution < -0.4 is 4.74 Å². The number of carbonyl (C=O) groups excluding carboxylic acids is 1.